The molecule has 6 heteroatoms. The largest absolute Gasteiger partial charge is 0.336 e. The molecule has 2 aromatic rings. The molecule has 0 fully saturated rings. The summed E-state index contributed by atoms with van der Waals surface area (Å²) >= 11 is 1.67. The van der Waals surface area contributed by atoms with Gasteiger partial charge in [-0.1, -0.05) is 18.2 Å². The Morgan fingerprint density at radius 2 is 1.95 bits per heavy atom. The average molecular weight is 321 g/mol. The van der Waals surface area contributed by atoms with Crippen LogP contribution in [0.15, 0.2) is 41.8 Å². The molecule has 1 aromatic carbocycles. The minimum Gasteiger partial charge on any atom is -0.336 e. The normalized spacial score (nSPS) is 12.2. The van der Waals surface area contributed by atoms with Crippen LogP contribution >= 0.6 is 11.3 Å². The molecule has 2 N–H and O–H groups in total. The Morgan fingerprint density at radius 3 is 2.55 bits per heavy atom. The van der Waals surface area contributed by atoms with Crippen molar-refractivity contribution in [2.75, 3.05) is 20.6 Å². The van der Waals surface area contributed by atoms with Gasteiger partial charge in [-0.3, -0.25) is 0 Å². The van der Waals surface area contributed by atoms with Crippen molar-refractivity contribution in [3.05, 3.63) is 58.0 Å². The lowest BCUT2D eigenvalue weighted by atomic mass is 10.2. The number of nitrogens with zero attached hydrogens (tertiary/aromatic N) is 1. The fraction of sp³-hybridized carbons (Fsp3) is 0.312. The van der Waals surface area contributed by atoms with Gasteiger partial charge in [0.15, 0.2) is 0 Å². The van der Waals surface area contributed by atoms with Gasteiger partial charge in [0, 0.05) is 18.0 Å². The molecule has 1 aromatic heterocycles. The number of carbonyl (C=O) groups excluding carboxylic acids is 1. The number of hydrogen-bond acceptors (Lipinski definition) is 3. The van der Waals surface area contributed by atoms with Crippen molar-refractivity contribution in [2.24, 2.45) is 0 Å². The molecule has 1 heterocycles. The van der Waals surface area contributed by atoms with E-state index in [1.54, 1.807) is 23.5 Å². The van der Waals surface area contributed by atoms with Gasteiger partial charge in [-0.2, -0.15) is 0 Å². The second-order valence-electron chi connectivity index (χ2n) is 5.18. The number of nitrogens with one attached hydrogen (secondary N) is 2. The highest BCUT2D eigenvalue weighted by molar-refractivity contribution is 7.10. The van der Waals surface area contributed by atoms with Gasteiger partial charge in [-0.15, -0.1) is 11.3 Å². The third-order valence-corrected chi connectivity index (χ3v) is 4.29. The first-order chi connectivity index (χ1) is 10.6. The molecule has 22 heavy (non-hydrogen) atoms. The van der Waals surface area contributed by atoms with E-state index in [0.29, 0.717) is 13.1 Å². The van der Waals surface area contributed by atoms with Gasteiger partial charge in [0.2, 0.25) is 0 Å². The highest BCUT2D eigenvalue weighted by atomic mass is 32.1. The predicted molar refractivity (Wildman–Crippen MR) is 87.4 cm³/mol. The summed E-state index contributed by atoms with van der Waals surface area (Å²) in [4.78, 5) is 15.2. The summed E-state index contributed by atoms with van der Waals surface area (Å²) in [6.45, 7) is 0.903. The van der Waals surface area contributed by atoms with E-state index in [2.05, 4.69) is 21.6 Å². The molecule has 0 aliphatic heterocycles. The number of halogens is 1. The Bertz CT molecular complexity index is 584. The van der Waals surface area contributed by atoms with Crippen molar-refractivity contribution in [3.8, 4) is 0 Å². The summed E-state index contributed by atoms with van der Waals surface area (Å²) in [5.74, 6) is -0.280. The summed E-state index contributed by atoms with van der Waals surface area (Å²) in [5, 5.41) is 7.67. The summed E-state index contributed by atoms with van der Waals surface area (Å²) in [7, 11) is 3.98. The van der Waals surface area contributed by atoms with Crippen LogP contribution in [0.2, 0.25) is 0 Å². The molecule has 0 unspecified atom stereocenters. The van der Waals surface area contributed by atoms with Crippen LogP contribution in [0.4, 0.5) is 9.18 Å². The molecular weight excluding hydrogens is 301 g/mol. The van der Waals surface area contributed by atoms with E-state index in [1.165, 1.54) is 17.0 Å². The van der Waals surface area contributed by atoms with E-state index in [9.17, 15) is 9.18 Å². The van der Waals surface area contributed by atoms with Gasteiger partial charge in [0.05, 0.1) is 6.04 Å². The lowest BCUT2D eigenvalue weighted by molar-refractivity contribution is 0.233. The van der Waals surface area contributed by atoms with E-state index in [4.69, 9.17) is 0 Å². The lowest BCUT2D eigenvalue weighted by Crippen LogP contribution is -2.40. The zero-order chi connectivity index (χ0) is 15.9. The topological polar surface area (TPSA) is 44.4 Å². The van der Waals surface area contributed by atoms with E-state index >= 15 is 0 Å². The second-order valence-corrected chi connectivity index (χ2v) is 6.16. The standard InChI is InChI=1S/C16H20FN3OS/c1-20(2)14(15-4-3-9-22-15)11-19-16(21)18-10-12-5-7-13(17)8-6-12/h3-9,14H,10-11H2,1-2H3,(H2,18,19,21)/t14-/m1/s1. The smallest absolute Gasteiger partial charge is 0.315 e. The number of amides is 2. The van der Waals surface area contributed by atoms with Gasteiger partial charge >= 0.3 is 6.03 Å². The van der Waals surface area contributed by atoms with Crippen LogP contribution in [0.5, 0.6) is 0 Å². The lowest BCUT2D eigenvalue weighted by Gasteiger charge is -2.23. The number of likely N-dealkylation sites (N-methyl/N-ethyl adjacent to an activating group) is 1. The minimum atomic E-state index is -0.280. The zero-order valence-corrected chi connectivity index (χ0v) is 13.5. The van der Waals surface area contributed by atoms with Gasteiger partial charge in [0.25, 0.3) is 0 Å². The van der Waals surface area contributed by atoms with Crippen molar-refractivity contribution in [1.82, 2.24) is 15.5 Å². The van der Waals surface area contributed by atoms with Gasteiger partial charge in [-0.05, 0) is 43.2 Å². The van der Waals surface area contributed by atoms with Crippen molar-refractivity contribution in [3.63, 3.8) is 0 Å². The third kappa shape index (κ3) is 4.82. The van der Waals surface area contributed by atoms with Crippen LogP contribution in [-0.2, 0) is 6.54 Å². The Labute approximate surface area is 134 Å². The van der Waals surface area contributed by atoms with E-state index in [-0.39, 0.29) is 17.9 Å². The molecule has 0 spiro atoms. The summed E-state index contributed by atoms with van der Waals surface area (Å²) in [6, 6.07) is 10.1. The SMILES string of the molecule is CN(C)[C@H](CNC(=O)NCc1ccc(F)cc1)c1cccs1. The maximum Gasteiger partial charge on any atom is 0.315 e. The number of thiophene rings is 1. The molecule has 2 amide bonds. The van der Waals surface area contributed by atoms with Gasteiger partial charge in [0.1, 0.15) is 5.82 Å². The maximum absolute atomic E-state index is 12.8. The molecule has 2 rings (SSSR count). The van der Waals surface area contributed by atoms with Gasteiger partial charge < -0.3 is 15.5 Å². The highest BCUT2D eigenvalue weighted by Crippen LogP contribution is 2.22. The zero-order valence-electron chi connectivity index (χ0n) is 12.7. The van der Waals surface area contributed by atoms with Crippen LogP contribution in [0.25, 0.3) is 0 Å². The number of benzene rings is 1. The quantitative estimate of drug-likeness (QED) is 0.859. The molecule has 118 valence electrons. The first-order valence-corrected chi connectivity index (χ1v) is 7.90. The number of carbonyl (C=O) groups is 1. The maximum atomic E-state index is 12.8. The van der Waals surface area contributed by atoms with Crippen molar-refractivity contribution < 1.29 is 9.18 Å². The molecule has 1 atom stereocenters. The highest BCUT2D eigenvalue weighted by Gasteiger charge is 2.15. The van der Waals surface area contributed by atoms with Crippen LogP contribution < -0.4 is 10.6 Å². The van der Waals surface area contributed by atoms with E-state index in [1.807, 2.05) is 25.5 Å². The van der Waals surface area contributed by atoms with Gasteiger partial charge in [-0.25, -0.2) is 9.18 Å². The van der Waals surface area contributed by atoms with Crippen molar-refractivity contribution in [2.45, 2.75) is 12.6 Å². The molecule has 4 nitrogen and oxygen atoms in total. The molecule has 0 saturated heterocycles. The number of hydrogen-bond donors (Lipinski definition) is 2. The molecule has 0 aliphatic carbocycles. The van der Waals surface area contributed by atoms with Crippen LogP contribution in [-0.4, -0.2) is 31.6 Å². The third-order valence-electron chi connectivity index (χ3n) is 3.32. The van der Waals surface area contributed by atoms with Crippen LogP contribution in [0.3, 0.4) is 0 Å². The summed E-state index contributed by atoms with van der Waals surface area (Å²) in [6.07, 6.45) is 0. The first-order valence-electron chi connectivity index (χ1n) is 7.02. The van der Waals surface area contributed by atoms with Crippen molar-refractivity contribution in [1.29, 1.82) is 0 Å². The second kappa shape index (κ2) is 7.91. The molecule has 0 saturated carbocycles. The first kappa shape index (κ1) is 16.5. The predicted octanol–water partition coefficient (Wildman–Crippen LogP) is 2.99. The Kier molecular flexibility index (Phi) is 5.91. The number of rotatable bonds is 6. The van der Waals surface area contributed by atoms with Crippen molar-refractivity contribution >= 4 is 17.4 Å². The fourth-order valence-corrected chi connectivity index (χ4v) is 2.98. The summed E-state index contributed by atoms with van der Waals surface area (Å²) in [5.41, 5.74) is 0.860. The molecular formula is C16H20FN3OS. The Morgan fingerprint density at radius 1 is 1.23 bits per heavy atom. The monoisotopic (exact) mass is 321 g/mol. The number of urea groups is 1. The summed E-state index contributed by atoms with van der Waals surface area (Å²) < 4.78 is 12.8. The molecule has 0 radical (unpaired) electrons. The van der Waals surface area contributed by atoms with Crippen LogP contribution in [0.1, 0.15) is 16.5 Å². The van der Waals surface area contributed by atoms with Crippen LogP contribution in [0, 0.1) is 5.82 Å². The Hall–Kier alpha value is -1.92. The molecule has 0 bridgehead atoms. The van der Waals surface area contributed by atoms with E-state index in [0.717, 1.165) is 5.56 Å². The Balaban J connectivity index is 1.80. The minimum absolute atomic E-state index is 0.150. The van der Waals surface area contributed by atoms with E-state index < -0.39 is 0 Å². The fourth-order valence-electron chi connectivity index (χ4n) is 2.05. The molecule has 0 aliphatic rings. The average Bonchev–Trinajstić information content (AvgIpc) is 3.00.